The van der Waals surface area contributed by atoms with Gasteiger partial charge in [0.2, 0.25) is 0 Å². The molecule has 34 heavy (non-hydrogen) atoms. The molecular formula is C27H27BrFNO4. The summed E-state index contributed by atoms with van der Waals surface area (Å²) in [5.74, 6) is -1.77. The standard InChI is InChI=1S/C27H27BrFNO4/c28-23-17-20(27(33)30-15-9-2-1-4-10-19-11-5-3-6-12-19)16-22(26(23)34-18-25(31)32)21-13-7-8-14-24(21)29/h3,5-8,11-14,16-17H,1-2,4,9-10,15,18H2,(H,30,33)(H,31,32). The summed E-state index contributed by atoms with van der Waals surface area (Å²) in [6.07, 6.45) is 5.12. The molecule has 0 bridgehead atoms. The normalized spacial score (nSPS) is 10.6. The van der Waals surface area contributed by atoms with Gasteiger partial charge in [0.25, 0.3) is 5.91 Å². The fourth-order valence-electron chi connectivity index (χ4n) is 3.64. The summed E-state index contributed by atoms with van der Waals surface area (Å²) in [7, 11) is 0. The molecule has 5 nitrogen and oxygen atoms in total. The molecule has 0 saturated heterocycles. The summed E-state index contributed by atoms with van der Waals surface area (Å²) in [5.41, 5.74) is 2.19. The Morgan fingerprint density at radius 3 is 2.35 bits per heavy atom. The Labute approximate surface area is 207 Å². The van der Waals surface area contributed by atoms with E-state index >= 15 is 0 Å². The first-order valence-electron chi connectivity index (χ1n) is 11.2. The molecule has 0 atom stereocenters. The summed E-state index contributed by atoms with van der Waals surface area (Å²) in [5, 5.41) is 11.9. The average molecular weight is 528 g/mol. The predicted molar refractivity (Wildman–Crippen MR) is 134 cm³/mol. The number of nitrogens with one attached hydrogen (secondary N) is 1. The average Bonchev–Trinajstić information content (AvgIpc) is 2.83. The second kappa shape index (κ2) is 12.9. The van der Waals surface area contributed by atoms with Crippen LogP contribution in [0.5, 0.6) is 5.75 Å². The van der Waals surface area contributed by atoms with Crippen molar-refractivity contribution in [3.05, 3.63) is 88.1 Å². The lowest BCUT2D eigenvalue weighted by Gasteiger charge is -2.15. The van der Waals surface area contributed by atoms with Crippen molar-refractivity contribution < 1.29 is 23.8 Å². The molecule has 0 aliphatic rings. The molecule has 0 unspecified atom stereocenters. The van der Waals surface area contributed by atoms with Crippen LogP contribution in [0.1, 0.15) is 41.6 Å². The van der Waals surface area contributed by atoms with Crippen LogP contribution >= 0.6 is 15.9 Å². The van der Waals surface area contributed by atoms with E-state index in [1.54, 1.807) is 24.3 Å². The van der Waals surface area contributed by atoms with Crippen LogP contribution in [-0.4, -0.2) is 30.1 Å². The van der Waals surface area contributed by atoms with Crippen molar-refractivity contribution in [1.82, 2.24) is 5.32 Å². The smallest absolute Gasteiger partial charge is 0.341 e. The second-order valence-corrected chi connectivity index (χ2v) is 8.76. The molecule has 0 radical (unpaired) electrons. The molecule has 0 aliphatic carbocycles. The molecule has 3 aromatic carbocycles. The number of carboxylic acids is 1. The highest BCUT2D eigenvalue weighted by atomic mass is 79.9. The third kappa shape index (κ3) is 7.42. The number of hydrogen-bond donors (Lipinski definition) is 2. The molecule has 0 aromatic heterocycles. The van der Waals surface area contributed by atoms with Crippen LogP contribution < -0.4 is 10.1 Å². The molecule has 0 aliphatic heterocycles. The van der Waals surface area contributed by atoms with E-state index in [-0.39, 0.29) is 17.2 Å². The van der Waals surface area contributed by atoms with Gasteiger partial charge in [-0.25, -0.2) is 9.18 Å². The highest BCUT2D eigenvalue weighted by Crippen LogP contribution is 2.39. The van der Waals surface area contributed by atoms with Gasteiger partial charge >= 0.3 is 5.97 Å². The van der Waals surface area contributed by atoms with Gasteiger partial charge < -0.3 is 15.2 Å². The molecule has 7 heteroatoms. The lowest BCUT2D eigenvalue weighted by molar-refractivity contribution is -0.139. The number of rotatable bonds is 12. The van der Waals surface area contributed by atoms with Crippen LogP contribution in [0.2, 0.25) is 0 Å². The summed E-state index contributed by atoms with van der Waals surface area (Å²) in [4.78, 5) is 23.7. The molecule has 0 fully saturated rings. The van der Waals surface area contributed by atoms with Crippen LogP contribution in [0, 0.1) is 5.82 Å². The number of hydrogen-bond acceptors (Lipinski definition) is 3. The van der Waals surface area contributed by atoms with Gasteiger partial charge in [0.15, 0.2) is 6.61 Å². The van der Waals surface area contributed by atoms with Gasteiger partial charge in [-0.2, -0.15) is 0 Å². The Hall–Kier alpha value is -3.19. The van der Waals surface area contributed by atoms with Crippen LogP contribution in [-0.2, 0) is 11.2 Å². The Morgan fingerprint density at radius 2 is 1.62 bits per heavy atom. The van der Waals surface area contributed by atoms with Crippen molar-refractivity contribution in [3.63, 3.8) is 0 Å². The summed E-state index contributed by atoms with van der Waals surface area (Å²) < 4.78 is 20.3. The van der Waals surface area contributed by atoms with Gasteiger partial charge in [-0.3, -0.25) is 4.79 Å². The number of carbonyl (C=O) groups is 2. The summed E-state index contributed by atoms with van der Waals surface area (Å²) in [6.45, 7) is -0.0516. The summed E-state index contributed by atoms with van der Waals surface area (Å²) in [6, 6.07) is 19.5. The molecule has 0 saturated carbocycles. The Kier molecular flexibility index (Phi) is 9.64. The summed E-state index contributed by atoms with van der Waals surface area (Å²) >= 11 is 3.35. The number of carboxylic acid groups (broad SMARTS) is 1. The van der Waals surface area contributed by atoms with E-state index in [0.29, 0.717) is 22.1 Å². The highest BCUT2D eigenvalue weighted by Gasteiger charge is 2.19. The van der Waals surface area contributed by atoms with E-state index in [1.165, 1.54) is 17.7 Å². The molecule has 3 rings (SSSR count). The predicted octanol–water partition coefficient (Wildman–Crippen LogP) is 6.25. The zero-order chi connectivity index (χ0) is 24.3. The molecule has 3 aromatic rings. The zero-order valence-corrected chi connectivity index (χ0v) is 20.3. The maximum absolute atomic E-state index is 14.5. The lowest BCUT2D eigenvalue weighted by Crippen LogP contribution is -2.24. The third-order valence-electron chi connectivity index (χ3n) is 5.33. The molecule has 178 valence electrons. The van der Waals surface area contributed by atoms with E-state index in [4.69, 9.17) is 9.84 Å². The number of ether oxygens (including phenoxy) is 1. The van der Waals surface area contributed by atoms with Gasteiger partial charge in [-0.05, 0) is 59.0 Å². The number of amides is 1. The van der Waals surface area contributed by atoms with Crippen LogP contribution in [0.25, 0.3) is 11.1 Å². The Balaban J connectivity index is 1.60. The van der Waals surface area contributed by atoms with E-state index < -0.39 is 18.4 Å². The van der Waals surface area contributed by atoms with Gasteiger partial charge in [0.1, 0.15) is 11.6 Å². The second-order valence-electron chi connectivity index (χ2n) is 7.90. The minimum atomic E-state index is -1.16. The van der Waals surface area contributed by atoms with E-state index in [2.05, 4.69) is 33.4 Å². The lowest BCUT2D eigenvalue weighted by atomic mass is 10.0. The highest BCUT2D eigenvalue weighted by molar-refractivity contribution is 9.10. The van der Waals surface area contributed by atoms with Crippen LogP contribution in [0.15, 0.2) is 71.2 Å². The molecular weight excluding hydrogens is 501 g/mol. The maximum Gasteiger partial charge on any atom is 0.341 e. The molecule has 0 spiro atoms. The number of carbonyl (C=O) groups excluding carboxylic acids is 1. The first kappa shape index (κ1) is 25.4. The SMILES string of the molecule is O=C(O)COc1c(Br)cc(C(=O)NCCCCCCc2ccccc2)cc1-c1ccccc1F. The van der Waals surface area contributed by atoms with Crippen molar-refractivity contribution in [1.29, 1.82) is 0 Å². The Bertz CT molecular complexity index is 1120. The largest absolute Gasteiger partial charge is 0.480 e. The van der Waals surface area contributed by atoms with Crippen molar-refractivity contribution in [3.8, 4) is 16.9 Å². The van der Waals surface area contributed by atoms with Gasteiger partial charge in [-0.15, -0.1) is 0 Å². The number of unbranched alkanes of at least 4 members (excludes halogenated alkanes) is 3. The minimum absolute atomic E-state index is 0.169. The minimum Gasteiger partial charge on any atom is -0.480 e. The van der Waals surface area contributed by atoms with Crippen molar-refractivity contribution in [2.45, 2.75) is 32.1 Å². The fourth-order valence-corrected chi connectivity index (χ4v) is 4.22. The molecule has 0 heterocycles. The van der Waals surface area contributed by atoms with E-state index in [0.717, 1.165) is 32.1 Å². The number of aliphatic carboxylic acids is 1. The number of aryl methyl sites for hydroxylation is 1. The van der Waals surface area contributed by atoms with Crippen molar-refractivity contribution >= 4 is 27.8 Å². The first-order chi connectivity index (χ1) is 16.5. The van der Waals surface area contributed by atoms with E-state index in [9.17, 15) is 14.0 Å². The monoisotopic (exact) mass is 527 g/mol. The topological polar surface area (TPSA) is 75.6 Å². The quantitative estimate of drug-likeness (QED) is 0.273. The molecule has 1 amide bonds. The zero-order valence-electron chi connectivity index (χ0n) is 18.7. The van der Waals surface area contributed by atoms with Crippen LogP contribution in [0.4, 0.5) is 4.39 Å². The van der Waals surface area contributed by atoms with Gasteiger partial charge in [0.05, 0.1) is 4.47 Å². The Morgan fingerprint density at radius 1 is 0.912 bits per heavy atom. The van der Waals surface area contributed by atoms with Crippen molar-refractivity contribution in [2.75, 3.05) is 13.2 Å². The third-order valence-corrected chi connectivity index (χ3v) is 5.92. The maximum atomic E-state index is 14.5. The van der Waals surface area contributed by atoms with Gasteiger partial charge in [-0.1, -0.05) is 61.4 Å². The van der Waals surface area contributed by atoms with Crippen LogP contribution in [0.3, 0.4) is 0 Å². The first-order valence-corrected chi connectivity index (χ1v) is 12.0. The van der Waals surface area contributed by atoms with Crippen molar-refractivity contribution in [2.24, 2.45) is 0 Å². The fraction of sp³-hybridized carbons (Fsp3) is 0.259. The number of benzene rings is 3. The van der Waals surface area contributed by atoms with Gasteiger partial charge in [0, 0.05) is 23.2 Å². The van der Waals surface area contributed by atoms with E-state index in [1.807, 2.05) is 18.2 Å². The number of halogens is 2. The molecule has 2 N–H and O–H groups in total.